The van der Waals surface area contributed by atoms with Crippen molar-refractivity contribution in [2.24, 2.45) is 0 Å². The number of carboxylic acids is 1. The standard InChI is InChI=1S/C11H7N3O2S/c15-11(16)8-6-12-10-4-3-7(13-14(8)10)9-2-1-5-17-9/h1-6H,(H,15,16). The molecule has 3 heterocycles. The molecule has 0 saturated heterocycles. The lowest BCUT2D eigenvalue weighted by Gasteiger charge is -1.99. The number of rotatable bonds is 2. The quantitative estimate of drug-likeness (QED) is 0.751. The molecule has 0 spiro atoms. The zero-order valence-electron chi connectivity index (χ0n) is 8.57. The van der Waals surface area contributed by atoms with E-state index < -0.39 is 5.97 Å². The van der Waals surface area contributed by atoms with Crippen LogP contribution in [0, 0.1) is 0 Å². The fourth-order valence-electron chi connectivity index (χ4n) is 1.57. The van der Waals surface area contributed by atoms with Crippen LogP contribution in [-0.4, -0.2) is 25.7 Å². The zero-order chi connectivity index (χ0) is 11.8. The Hall–Kier alpha value is -2.21. The van der Waals surface area contributed by atoms with Gasteiger partial charge in [-0.05, 0) is 23.6 Å². The molecule has 0 aliphatic carbocycles. The van der Waals surface area contributed by atoms with Crippen LogP contribution in [-0.2, 0) is 0 Å². The number of aromatic carboxylic acids is 1. The predicted molar refractivity (Wildman–Crippen MR) is 63.3 cm³/mol. The molecule has 1 N–H and O–H groups in total. The zero-order valence-corrected chi connectivity index (χ0v) is 9.39. The van der Waals surface area contributed by atoms with Gasteiger partial charge in [0.25, 0.3) is 0 Å². The molecular weight excluding hydrogens is 238 g/mol. The van der Waals surface area contributed by atoms with Crippen molar-refractivity contribution >= 4 is 23.0 Å². The van der Waals surface area contributed by atoms with Crippen LogP contribution in [0.15, 0.2) is 35.8 Å². The van der Waals surface area contributed by atoms with Crippen LogP contribution in [0.25, 0.3) is 16.2 Å². The molecule has 3 aromatic rings. The fourth-order valence-corrected chi connectivity index (χ4v) is 2.27. The summed E-state index contributed by atoms with van der Waals surface area (Å²) < 4.78 is 1.34. The first-order valence-corrected chi connectivity index (χ1v) is 5.75. The SMILES string of the molecule is O=C(O)c1cnc2ccc(-c3cccs3)nn12. The molecule has 0 bridgehead atoms. The smallest absolute Gasteiger partial charge is 0.356 e. The molecule has 0 radical (unpaired) electrons. The van der Waals surface area contributed by atoms with Crippen LogP contribution in [0.2, 0.25) is 0 Å². The maximum atomic E-state index is 11.0. The molecule has 0 saturated carbocycles. The number of hydrogen-bond acceptors (Lipinski definition) is 4. The number of nitrogens with zero attached hydrogens (tertiary/aromatic N) is 3. The van der Waals surface area contributed by atoms with Crippen LogP contribution in [0.4, 0.5) is 0 Å². The van der Waals surface area contributed by atoms with Crippen molar-refractivity contribution < 1.29 is 9.90 Å². The van der Waals surface area contributed by atoms with Crippen molar-refractivity contribution in [3.05, 3.63) is 41.5 Å². The number of hydrogen-bond donors (Lipinski definition) is 1. The second kappa shape index (κ2) is 3.67. The molecule has 5 nitrogen and oxygen atoms in total. The summed E-state index contributed by atoms with van der Waals surface area (Å²) in [6, 6.07) is 7.46. The highest BCUT2D eigenvalue weighted by Crippen LogP contribution is 2.22. The van der Waals surface area contributed by atoms with Gasteiger partial charge < -0.3 is 5.11 Å². The number of thiophene rings is 1. The molecule has 0 unspecified atom stereocenters. The van der Waals surface area contributed by atoms with Gasteiger partial charge in [-0.1, -0.05) is 6.07 Å². The molecule has 0 amide bonds. The molecule has 3 aromatic heterocycles. The summed E-state index contributed by atoms with van der Waals surface area (Å²) in [5.74, 6) is -1.03. The maximum Gasteiger partial charge on any atom is 0.356 e. The van der Waals surface area contributed by atoms with Crippen molar-refractivity contribution in [1.82, 2.24) is 14.6 Å². The number of fused-ring (bicyclic) bond motifs is 1. The van der Waals surface area contributed by atoms with Crippen molar-refractivity contribution in [2.45, 2.75) is 0 Å². The van der Waals surface area contributed by atoms with Gasteiger partial charge in [0.1, 0.15) is 5.69 Å². The lowest BCUT2D eigenvalue weighted by Crippen LogP contribution is -2.04. The molecule has 17 heavy (non-hydrogen) atoms. The van der Waals surface area contributed by atoms with Crippen LogP contribution >= 0.6 is 11.3 Å². The molecule has 3 rings (SSSR count). The fraction of sp³-hybridized carbons (Fsp3) is 0. The van der Waals surface area contributed by atoms with E-state index in [-0.39, 0.29) is 5.69 Å². The van der Waals surface area contributed by atoms with Gasteiger partial charge in [0, 0.05) is 0 Å². The molecule has 0 fully saturated rings. The van der Waals surface area contributed by atoms with Gasteiger partial charge in [0.2, 0.25) is 0 Å². The summed E-state index contributed by atoms with van der Waals surface area (Å²) >= 11 is 1.56. The van der Waals surface area contributed by atoms with E-state index in [4.69, 9.17) is 5.11 Å². The molecule has 84 valence electrons. The van der Waals surface area contributed by atoms with Crippen LogP contribution < -0.4 is 0 Å². The van der Waals surface area contributed by atoms with Gasteiger partial charge in [-0.3, -0.25) is 0 Å². The van der Waals surface area contributed by atoms with E-state index in [9.17, 15) is 4.79 Å². The summed E-state index contributed by atoms with van der Waals surface area (Å²) in [5, 5.41) is 15.2. The molecule has 0 aliphatic rings. The summed E-state index contributed by atoms with van der Waals surface area (Å²) in [5.41, 5.74) is 1.34. The molecule has 6 heteroatoms. The highest BCUT2D eigenvalue weighted by atomic mass is 32.1. The van der Waals surface area contributed by atoms with Crippen molar-refractivity contribution in [2.75, 3.05) is 0 Å². The van der Waals surface area contributed by atoms with Gasteiger partial charge in [-0.2, -0.15) is 5.10 Å². The molecule has 0 aromatic carbocycles. The van der Waals surface area contributed by atoms with Gasteiger partial charge in [-0.15, -0.1) is 11.3 Å². The van der Waals surface area contributed by atoms with Crippen LogP contribution in [0.1, 0.15) is 10.5 Å². The lowest BCUT2D eigenvalue weighted by molar-refractivity contribution is 0.0688. The van der Waals surface area contributed by atoms with E-state index in [2.05, 4.69) is 10.1 Å². The average Bonchev–Trinajstić information content (AvgIpc) is 2.97. The maximum absolute atomic E-state index is 11.0. The summed E-state index contributed by atoms with van der Waals surface area (Å²) in [6.45, 7) is 0. The number of imidazole rings is 1. The van der Waals surface area contributed by atoms with Crippen molar-refractivity contribution in [3.63, 3.8) is 0 Å². The third-order valence-corrected chi connectivity index (χ3v) is 3.25. The highest BCUT2D eigenvalue weighted by molar-refractivity contribution is 7.13. The first-order chi connectivity index (χ1) is 8.25. The third-order valence-electron chi connectivity index (χ3n) is 2.36. The van der Waals surface area contributed by atoms with E-state index in [1.165, 1.54) is 10.7 Å². The Bertz CT molecular complexity index is 688. The summed E-state index contributed by atoms with van der Waals surface area (Å²) in [6.07, 6.45) is 1.31. The topological polar surface area (TPSA) is 67.5 Å². The minimum atomic E-state index is -1.03. The summed E-state index contributed by atoms with van der Waals surface area (Å²) in [7, 11) is 0. The number of aromatic nitrogens is 3. The Morgan fingerprint density at radius 2 is 2.24 bits per heavy atom. The van der Waals surface area contributed by atoms with Crippen molar-refractivity contribution in [3.8, 4) is 10.6 Å². The van der Waals surface area contributed by atoms with E-state index >= 15 is 0 Å². The largest absolute Gasteiger partial charge is 0.476 e. The van der Waals surface area contributed by atoms with Crippen molar-refractivity contribution in [1.29, 1.82) is 0 Å². The third kappa shape index (κ3) is 1.58. The monoisotopic (exact) mass is 245 g/mol. The average molecular weight is 245 g/mol. The lowest BCUT2D eigenvalue weighted by atomic mass is 10.3. The number of carboxylic acid groups (broad SMARTS) is 1. The van der Waals surface area contributed by atoms with Gasteiger partial charge >= 0.3 is 5.97 Å². The van der Waals surface area contributed by atoms with Crippen LogP contribution in [0.5, 0.6) is 0 Å². The Morgan fingerprint density at radius 1 is 1.35 bits per heavy atom. The minimum absolute atomic E-state index is 0.0680. The van der Waals surface area contributed by atoms with Gasteiger partial charge in [-0.25, -0.2) is 14.3 Å². The predicted octanol–water partition coefficient (Wildman–Crippen LogP) is 2.16. The Balaban J connectivity index is 2.24. The highest BCUT2D eigenvalue weighted by Gasteiger charge is 2.12. The van der Waals surface area contributed by atoms with E-state index in [0.29, 0.717) is 5.65 Å². The van der Waals surface area contributed by atoms with E-state index in [1.807, 2.05) is 23.6 Å². The Morgan fingerprint density at radius 3 is 2.94 bits per heavy atom. The van der Waals surface area contributed by atoms with E-state index in [1.54, 1.807) is 17.4 Å². The number of carbonyl (C=O) groups is 1. The Kier molecular flexibility index (Phi) is 2.15. The molecule has 0 atom stereocenters. The Labute approximate surface area is 100.0 Å². The molecule has 0 aliphatic heterocycles. The first-order valence-electron chi connectivity index (χ1n) is 4.87. The first kappa shape index (κ1) is 9.98. The normalized spacial score (nSPS) is 10.8. The molecular formula is C11H7N3O2S. The second-order valence-electron chi connectivity index (χ2n) is 3.41. The van der Waals surface area contributed by atoms with E-state index in [0.717, 1.165) is 10.6 Å². The van der Waals surface area contributed by atoms with Gasteiger partial charge in [0.15, 0.2) is 11.3 Å². The van der Waals surface area contributed by atoms with Crippen LogP contribution in [0.3, 0.4) is 0 Å². The summed E-state index contributed by atoms with van der Waals surface area (Å²) in [4.78, 5) is 16.0. The minimum Gasteiger partial charge on any atom is -0.476 e. The van der Waals surface area contributed by atoms with Gasteiger partial charge in [0.05, 0.1) is 11.1 Å². The second-order valence-corrected chi connectivity index (χ2v) is 4.36.